The molecule has 0 spiro atoms. The lowest BCUT2D eigenvalue weighted by Gasteiger charge is -2.08. The van der Waals surface area contributed by atoms with Gasteiger partial charge in [0.1, 0.15) is 17.3 Å². The molecule has 11 heteroatoms. The number of hydrogen-bond donors (Lipinski definition) is 2. The van der Waals surface area contributed by atoms with Crippen molar-refractivity contribution in [1.82, 2.24) is 14.3 Å². The van der Waals surface area contributed by atoms with Crippen molar-refractivity contribution in [3.05, 3.63) is 70.3 Å². The van der Waals surface area contributed by atoms with Crippen LogP contribution in [-0.2, 0) is 23.7 Å². The molecule has 0 radical (unpaired) electrons. The minimum Gasteiger partial charge on any atom is -0.489 e. The Balaban J connectivity index is 1.57. The number of fused-ring (bicyclic) bond motifs is 1. The summed E-state index contributed by atoms with van der Waals surface area (Å²) in [5.74, 6) is 0.524. The molecule has 0 saturated heterocycles. The first-order valence-corrected chi connectivity index (χ1v) is 12.1. The number of aromatic nitrogens is 2. The molecule has 0 aliphatic rings. The summed E-state index contributed by atoms with van der Waals surface area (Å²) in [6, 6.07) is 14.0. The van der Waals surface area contributed by atoms with Gasteiger partial charge in [0, 0.05) is 24.1 Å². The molecule has 4 rings (SSSR count). The molecule has 0 aliphatic heterocycles. The van der Waals surface area contributed by atoms with Crippen LogP contribution in [0.25, 0.3) is 10.9 Å². The molecule has 31 heavy (non-hydrogen) atoms. The lowest BCUT2D eigenvalue weighted by atomic mass is 10.2. The van der Waals surface area contributed by atoms with E-state index in [9.17, 15) is 13.2 Å². The van der Waals surface area contributed by atoms with Gasteiger partial charge < -0.3 is 9.30 Å². The molecule has 0 unspecified atom stereocenters. The van der Waals surface area contributed by atoms with Crippen LogP contribution in [0.3, 0.4) is 0 Å². The quantitative estimate of drug-likeness (QED) is 0.390. The normalized spacial score (nSPS) is 11.4. The maximum absolute atomic E-state index is 12.9. The van der Waals surface area contributed by atoms with Crippen LogP contribution in [0.4, 0.5) is 9.93 Å². The molecule has 0 saturated carbocycles. The number of benzene rings is 2. The summed E-state index contributed by atoms with van der Waals surface area (Å²) in [7, 11) is -2.40. The number of nitrogens with one attached hydrogen (secondary N) is 2. The van der Waals surface area contributed by atoms with E-state index in [0.29, 0.717) is 27.0 Å². The highest BCUT2D eigenvalue weighted by atomic mass is 79.9. The average molecular weight is 521 g/mol. The standard InChI is InChI=1S/C20H17BrN4O4S2/c1-25-11-17(31(27,28)24-19(26)23-20-22-10-18(21)30-20)15-9-14(7-8-16(15)25)29-12-13-5-3-2-4-6-13/h2-11H,12H2,1H3,(H2,22,23,24,26). The number of urea groups is 1. The van der Waals surface area contributed by atoms with Crippen molar-refractivity contribution in [3.63, 3.8) is 0 Å². The first kappa shape index (κ1) is 21.3. The summed E-state index contributed by atoms with van der Waals surface area (Å²) in [6.45, 7) is 0.352. The van der Waals surface area contributed by atoms with Crippen molar-refractivity contribution in [2.75, 3.05) is 5.32 Å². The molecular weight excluding hydrogens is 504 g/mol. The Kier molecular flexibility index (Phi) is 5.99. The largest absolute Gasteiger partial charge is 0.489 e. The number of rotatable bonds is 6. The number of halogens is 1. The van der Waals surface area contributed by atoms with Gasteiger partial charge in [-0.2, -0.15) is 0 Å². The fourth-order valence-electron chi connectivity index (χ4n) is 2.99. The third-order valence-corrected chi connectivity index (χ3v) is 7.14. The summed E-state index contributed by atoms with van der Waals surface area (Å²) in [6.07, 6.45) is 2.97. The Morgan fingerprint density at radius 3 is 2.71 bits per heavy atom. The van der Waals surface area contributed by atoms with Crippen molar-refractivity contribution < 1.29 is 17.9 Å². The first-order valence-electron chi connectivity index (χ1n) is 9.03. The number of thiazole rings is 1. The summed E-state index contributed by atoms with van der Waals surface area (Å²) < 4.78 is 36.1. The van der Waals surface area contributed by atoms with Crippen molar-refractivity contribution in [3.8, 4) is 5.75 Å². The molecule has 2 aromatic heterocycles. The third kappa shape index (κ3) is 4.89. The average Bonchev–Trinajstić information content (AvgIpc) is 3.29. The molecule has 8 nitrogen and oxygen atoms in total. The van der Waals surface area contributed by atoms with Gasteiger partial charge in [-0.15, -0.1) is 0 Å². The summed E-state index contributed by atoms with van der Waals surface area (Å²) in [5.41, 5.74) is 1.69. The maximum atomic E-state index is 12.9. The lowest BCUT2D eigenvalue weighted by molar-refractivity contribution is 0.256. The van der Waals surface area contributed by atoms with E-state index < -0.39 is 16.1 Å². The summed E-state index contributed by atoms with van der Waals surface area (Å²) >= 11 is 4.40. The number of carbonyl (C=O) groups excluding carboxylic acids is 1. The van der Waals surface area contributed by atoms with Gasteiger partial charge in [0.05, 0.1) is 9.98 Å². The van der Waals surface area contributed by atoms with Gasteiger partial charge in [-0.25, -0.2) is 22.9 Å². The highest BCUT2D eigenvalue weighted by Crippen LogP contribution is 2.29. The van der Waals surface area contributed by atoms with Crippen LogP contribution in [-0.4, -0.2) is 24.0 Å². The number of nitrogens with zero attached hydrogens (tertiary/aromatic N) is 2. The number of sulfonamides is 1. The minimum atomic E-state index is -4.14. The fourth-order valence-corrected chi connectivity index (χ4v) is 5.25. The number of aryl methyl sites for hydroxylation is 1. The molecule has 0 atom stereocenters. The summed E-state index contributed by atoms with van der Waals surface area (Å²) in [5, 5.41) is 3.13. The monoisotopic (exact) mass is 520 g/mol. The highest BCUT2D eigenvalue weighted by Gasteiger charge is 2.23. The smallest absolute Gasteiger partial charge is 0.334 e. The minimum absolute atomic E-state index is 0.0226. The highest BCUT2D eigenvalue weighted by molar-refractivity contribution is 9.11. The maximum Gasteiger partial charge on any atom is 0.334 e. The van der Waals surface area contributed by atoms with Crippen LogP contribution in [0.2, 0.25) is 0 Å². The van der Waals surface area contributed by atoms with E-state index in [1.54, 1.807) is 29.8 Å². The Hall–Kier alpha value is -2.89. The molecule has 0 bridgehead atoms. The Labute approximate surface area is 191 Å². The SMILES string of the molecule is Cn1cc(S(=O)(=O)NC(=O)Nc2ncc(Br)s2)c2cc(OCc3ccccc3)ccc21. The van der Waals surface area contributed by atoms with Crippen molar-refractivity contribution in [1.29, 1.82) is 0 Å². The molecule has 160 valence electrons. The van der Waals surface area contributed by atoms with Gasteiger partial charge in [-0.3, -0.25) is 5.32 Å². The molecule has 0 aliphatic carbocycles. The second-order valence-electron chi connectivity index (χ2n) is 6.59. The molecule has 0 fully saturated rings. The molecule has 4 aromatic rings. The number of amides is 2. The van der Waals surface area contributed by atoms with E-state index >= 15 is 0 Å². The predicted molar refractivity (Wildman–Crippen MR) is 123 cm³/mol. The molecule has 2 amide bonds. The zero-order valence-corrected chi connectivity index (χ0v) is 19.4. The number of carbonyl (C=O) groups is 1. The van der Waals surface area contributed by atoms with Gasteiger partial charge in [-0.05, 0) is 39.7 Å². The van der Waals surface area contributed by atoms with E-state index in [4.69, 9.17) is 4.74 Å². The predicted octanol–water partition coefficient (Wildman–Crippen LogP) is 4.49. The van der Waals surface area contributed by atoms with Crippen LogP contribution in [0.15, 0.2) is 69.6 Å². The number of anilines is 1. The topological polar surface area (TPSA) is 102 Å². The second kappa shape index (κ2) is 8.69. The molecule has 2 aromatic carbocycles. The Morgan fingerprint density at radius 2 is 2.00 bits per heavy atom. The van der Waals surface area contributed by atoms with E-state index in [0.717, 1.165) is 5.56 Å². The van der Waals surface area contributed by atoms with E-state index in [1.165, 1.54) is 23.7 Å². The first-order chi connectivity index (χ1) is 14.8. The van der Waals surface area contributed by atoms with Crippen LogP contribution < -0.4 is 14.8 Å². The third-order valence-electron chi connectivity index (χ3n) is 4.39. The number of hydrogen-bond acceptors (Lipinski definition) is 6. The second-order valence-corrected chi connectivity index (χ2v) is 10.6. The Bertz CT molecular complexity index is 1350. The molecule has 2 heterocycles. The van der Waals surface area contributed by atoms with Crippen LogP contribution in [0.1, 0.15) is 5.56 Å². The van der Waals surface area contributed by atoms with E-state index in [-0.39, 0.29) is 10.0 Å². The zero-order chi connectivity index (χ0) is 22.0. The van der Waals surface area contributed by atoms with Gasteiger partial charge in [-0.1, -0.05) is 41.7 Å². The van der Waals surface area contributed by atoms with Gasteiger partial charge in [0.15, 0.2) is 5.13 Å². The van der Waals surface area contributed by atoms with Crippen LogP contribution in [0.5, 0.6) is 5.75 Å². The molecular formula is C20H17BrN4O4S2. The van der Waals surface area contributed by atoms with Gasteiger partial charge >= 0.3 is 6.03 Å². The fraction of sp³-hybridized carbons (Fsp3) is 0.100. The van der Waals surface area contributed by atoms with Gasteiger partial charge in [0.2, 0.25) is 0 Å². The Morgan fingerprint density at radius 1 is 1.23 bits per heavy atom. The van der Waals surface area contributed by atoms with E-state index in [2.05, 4.69) is 26.2 Å². The lowest BCUT2D eigenvalue weighted by Crippen LogP contribution is -2.34. The molecule has 2 N–H and O–H groups in total. The number of ether oxygens (including phenoxy) is 1. The van der Waals surface area contributed by atoms with Crippen LogP contribution >= 0.6 is 27.3 Å². The van der Waals surface area contributed by atoms with Crippen molar-refractivity contribution in [2.45, 2.75) is 11.5 Å². The van der Waals surface area contributed by atoms with Crippen molar-refractivity contribution >= 4 is 59.4 Å². The van der Waals surface area contributed by atoms with Crippen molar-refractivity contribution in [2.24, 2.45) is 7.05 Å². The van der Waals surface area contributed by atoms with E-state index in [1.807, 2.05) is 35.1 Å². The van der Waals surface area contributed by atoms with Gasteiger partial charge in [0.25, 0.3) is 10.0 Å². The summed E-state index contributed by atoms with van der Waals surface area (Å²) in [4.78, 5) is 16.1. The zero-order valence-electron chi connectivity index (χ0n) is 16.2. The van der Waals surface area contributed by atoms with Crippen LogP contribution in [0, 0.1) is 0 Å².